The summed E-state index contributed by atoms with van der Waals surface area (Å²) in [5.74, 6) is 0.507. The molecule has 1 aliphatic carbocycles. The van der Waals surface area contributed by atoms with Gasteiger partial charge in [-0.2, -0.15) is 0 Å². The number of ketones is 1. The molecule has 1 aliphatic rings. The Bertz CT molecular complexity index is 461. The zero-order valence-corrected chi connectivity index (χ0v) is 9.97. The second-order valence-electron chi connectivity index (χ2n) is 4.28. The molecule has 0 fully saturated rings. The van der Waals surface area contributed by atoms with Crippen molar-refractivity contribution in [3.63, 3.8) is 0 Å². The van der Waals surface area contributed by atoms with Crippen molar-refractivity contribution >= 4 is 5.78 Å². The Labute approximate surface area is 102 Å². The first kappa shape index (κ1) is 11.6. The second kappa shape index (κ2) is 5.44. The van der Waals surface area contributed by atoms with Gasteiger partial charge in [0.2, 0.25) is 0 Å². The van der Waals surface area contributed by atoms with Gasteiger partial charge in [-0.25, -0.2) is 0 Å². The molecule has 1 heteroatoms. The van der Waals surface area contributed by atoms with Gasteiger partial charge in [-0.1, -0.05) is 67.6 Å². The van der Waals surface area contributed by atoms with Crippen LogP contribution in [0.2, 0.25) is 0 Å². The number of carbonyl (C=O) groups excluding carboxylic acids is 1. The molecule has 86 valence electrons. The van der Waals surface area contributed by atoms with E-state index in [-0.39, 0.29) is 5.92 Å². The van der Waals surface area contributed by atoms with Crippen LogP contribution >= 0.6 is 0 Å². The van der Waals surface area contributed by atoms with Gasteiger partial charge in [0, 0.05) is 11.5 Å². The van der Waals surface area contributed by atoms with Crippen LogP contribution in [0, 0.1) is 5.92 Å². The summed E-state index contributed by atoms with van der Waals surface area (Å²) in [4.78, 5) is 11.4. The standard InChI is InChI=1S/C10H10O.C6H6/c1-7-6-8-4-2-3-5-9(8)10(7)11;1-2-4-6-5-3-1/h2-5,7H,6H2,1H3;1-6H. The molecule has 0 saturated heterocycles. The van der Waals surface area contributed by atoms with Crippen molar-refractivity contribution in [2.75, 3.05) is 0 Å². The third kappa shape index (κ3) is 2.82. The molecule has 2 aromatic carbocycles. The Morgan fingerprint density at radius 1 is 0.882 bits per heavy atom. The highest BCUT2D eigenvalue weighted by Crippen LogP contribution is 2.25. The van der Waals surface area contributed by atoms with E-state index in [4.69, 9.17) is 0 Å². The van der Waals surface area contributed by atoms with E-state index >= 15 is 0 Å². The number of hydrogen-bond acceptors (Lipinski definition) is 1. The monoisotopic (exact) mass is 224 g/mol. The van der Waals surface area contributed by atoms with E-state index in [0.29, 0.717) is 5.78 Å². The minimum atomic E-state index is 0.201. The minimum Gasteiger partial charge on any atom is -0.294 e. The average molecular weight is 224 g/mol. The lowest BCUT2D eigenvalue weighted by Gasteiger charge is -1.93. The van der Waals surface area contributed by atoms with Crippen molar-refractivity contribution in [1.82, 2.24) is 0 Å². The molecule has 0 radical (unpaired) electrons. The first-order valence-electron chi connectivity index (χ1n) is 5.91. The lowest BCUT2D eigenvalue weighted by Crippen LogP contribution is -2.02. The fourth-order valence-corrected chi connectivity index (χ4v) is 2.01. The predicted octanol–water partition coefficient (Wildman–Crippen LogP) is 3.75. The molecular weight excluding hydrogens is 208 g/mol. The first-order chi connectivity index (χ1) is 8.29. The van der Waals surface area contributed by atoms with Crippen LogP contribution in [-0.2, 0) is 6.42 Å². The average Bonchev–Trinajstić information content (AvgIpc) is 2.69. The van der Waals surface area contributed by atoms with Gasteiger partial charge >= 0.3 is 0 Å². The molecule has 0 bridgehead atoms. The number of fused-ring (bicyclic) bond motifs is 1. The molecule has 3 rings (SSSR count). The van der Waals surface area contributed by atoms with Crippen LogP contribution in [0.5, 0.6) is 0 Å². The van der Waals surface area contributed by atoms with Crippen molar-refractivity contribution < 1.29 is 4.79 Å². The molecule has 0 amide bonds. The zero-order valence-electron chi connectivity index (χ0n) is 9.97. The summed E-state index contributed by atoms with van der Waals surface area (Å²) >= 11 is 0. The molecule has 1 nitrogen and oxygen atoms in total. The van der Waals surface area contributed by atoms with Gasteiger partial charge in [0.05, 0.1) is 0 Å². The summed E-state index contributed by atoms with van der Waals surface area (Å²) in [6.07, 6.45) is 0.926. The van der Waals surface area contributed by atoms with Crippen molar-refractivity contribution in [3.8, 4) is 0 Å². The first-order valence-corrected chi connectivity index (χ1v) is 5.91. The summed E-state index contributed by atoms with van der Waals surface area (Å²) in [7, 11) is 0. The number of Topliss-reactive ketones (excluding diaryl/α,β-unsaturated/α-hetero) is 1. The molecule has 0 saturated carbocycles. The van der Waals surface area contributed by atoms with Crippen LogP contribution in [0.25, 0.3) is 0 Å². The Kier molecular flexibility index (Phi) is 3.71. The summed E-state index contributed by atoms with van der Waals surface area (Å²) in [6.45, 7) is 1.99. The van der Waals surface area contributed by atoms with Gasteiger partial charge in [-0.15, -0.1) is 0 Å². The molecule has 0 aliphatic heterocycles. The van der Waals surface area contributed by atoms with E-state index in [9.17, 15) is 4.79 Å². The van der Waals surface area contributed by atoms with E-state index in [1.54, 1.807) is 0 Å². The largest absolute Gasteiger partial charge is 0.294 e. The van der Waals surface area contributed by atoms with Gasteiger partial charge in [0.1, 0.15) is 0 Å². The highest BCUT2D eigenvalue weighted by molar-refractivity contribution is 6.01. The number of carbonyl (C=O) groups is 1. The Morgan fingerprint density at radius 2 is 1.41 bits per heavy atom. The molecule has 1 atom stereocenters. The van der Waals surface area contributed by atoms with E-state index in [1.165, 1.54) is 5.56 Å². The second-order valence-corrected chi connectivity index (χ2v) is 4.28. The van der Waals surface area contributed by atoms with Gasteiger partial charge in [-0.3, -0.25) is 4.79 Å². The molecule has 0 aromatic heterocycles. The Balaban J connectivity index is 0.000000153. The van der Waals surface area contributed by atoms with Gasteiger partial charge < -0.3 is 0 Å². The number of rotatable bonds is 0. The third-order valence-electron chi connectivity index (χ3n) is 2.92. The topological polar surface area (TPSA) is 17.1 Å². The quantitative estimate of drug-likeness (QED) is 0.666. The SMILES string of the molecule is CC1Cc2ccccc2C1=O.c1ccccc1. The molecule has 0 N–H and O–H groups in total. The molecule has 0 heterocycles. The Morgan fingerprint density at radius 3 is 1.94 bits per heavy atom. The van der Waals surface area contributed by atoms with Crippen molar-refractivity contribution in [2.45, 2.75) is 13.3 Å². The van der Waals surface area contributed by atoms with Crippen molar-refractivity contribution in [1.29, 1.82) is 0 Å². The van der Waals surface area contributed by atoms with E-state index in [2.05, 4.69) is 0 Å². The molecule has 0 spiro atoms. The lowest BCUT2D eigenvalue weighted by atomic mass is 10.1. The normalized spacial score (nSPS) is 17.0. The maximum absolute atomic E-state index is 11.4. The van der Waals surface area contributed by atoms with E-state index < -0.39 is 0 Å². The highest BCUT2D eigenvalue weighted by atomic mass is 16.1. The van der Waals surface area contributed by atoms with Gasteiger partial charge in [-0.05, 0) is 12.0 Å². The van der Waals surface area contributed by atoms with Crippen LogP contribution in [-0.4, -0.2) is 5.78 Å². The summed E-state index contributed by atoms with van der Waals surface area (Å²) in [5.41, 5.74) is 2.14. The summed E-state index contributed by atoms with van der Waals surface area (Å²) in [6, 6.07) is 19.9. The van der Waals surface area contributed by atoms with E-state index in [0.717, 1.165) is 12.0 Å². The summed E-state index contributed by atoms with van der Waals surface area (Å²) < 4.78 is 0. The zero-order chi connectivity index (χ0) is 12.1. The van der Waals surface area contributed by atoms with Crippen LogP contribution in [0.3, 0.4) is 0 Å². The maximum Gasteiger partial charge on any atom is 0.166 e. The van der Waals surface area contributed by atoms with Crippen LogP contribution in [0.15, 0.2) is 60.7 Å². The number of benzene rings is 2. The van der Waals surface area contributed by atoms with E-state index in [1.807, 2.05) is 67.6 Å². The van der Waals surface area contributed by atoms with Crippen LogP contribution in [0.4, 0.5) is 0 Å². The van der Waals surface area contributed by atoms with Crippen LogP contribution in [0.1, 0.15) is 22.8 Å². The minimum absolute atomic E-state index is 0.201. The van der Waals surface area contributed by atoms with Crippen molar-refractivity contribution in [2.24, 2.45) is 5.92 Å². The molecular formula is C16H16O. The Hall–Kier alpha value is -1.89. The van der Waals surface area contributed by atoms with Crippen molar-refractivity contribution in [3.05, 3.63) is 71.8 Å². The van der Waals surface area contributed by atoms with Crippen LogP contribution < -0.4 is 0 Å². The molecule has 2 aromatic rings. The third-order valence-corrected chi connectivity index (χ3v) is 2.92. The molecule has 17 heavy (non-hydrogen) atoms. The predicted molar refractivity (Wildman–Crippen MR) is 70.1 cm³/mol. The highest BCUT2D eigenvalue weighted by Gasteiger charge is 2.25. The lowest BCUT2D eigenvalue weighted by molar-refractivity contribution is 0.0946. The maximum atomic E-state index is 11.4. The fourth-order valence-electron chi connectivity index (χ4n) is 2.01. The van der Waals surface area contributed by atoms with Gasteiger partial charge in [0.15, 0.2) is 5.78 Å². The van der Waals surface area contributed by atoms with Gasteiger partial charge in [0.25, 0.3) is 0 Å². The summed E-state index contributed by atoms with van der Waals surface area (Å²) in [5, 5.41) is 0. The molecule has 1 unspecified atom stereocenters. The smallest absolute Gasteiger partial charge is 0.166 e. The number of hydrogen-bond donors (Lipinski definition) is 0. The fraction of sp³-hybridized carbons (Fsp3) is 0.188.